The Morgan fingerprint density at radius 3 is 2.69 bits per heavy atom. The molecule has 0 bridgehead atoms. The minimum Gasteiger partial charge on any atom is -0.374 e. The summed E-state index contributed by atoms with van der Waals surface area (Å²) >= 11 is 6.27. The zero-order chi connectivity index (χ0) is 31.5. The van der Waals surface area contributed by atoms with E-state index in [0.29, 0.717) is 40.1 Å². The molecule has 2 aromatic carbocycles. The molecule has 1 aliphatic heterocycles. The molecule has 6 rings (SSSR count). The normalized spacial score (nSPS) is 19.4. The second-order valence-corrected chi connectivity index (χ2v) is 13.3. The third-order valence-electron chi connectivity index (χ3n) is 9.39. The van der Waals surface area contributed by atoms with Crippen molar-refractivity contribution >= 4 is 28.5 Å². The van der Waals surface area contributed by atoms with E-state index in [4.69, 9.17) is 22.7 Å². The maximum absolute atomic E-state index is 15.1. The zero-order valence-corrected chi connectivity index (χ0v) is 26.6. The molecule has 1 saturated heterocycles. The van der Waals surface area contributed by atoms with E-state index in [-0.39, 0.29) is 17.1 Å². The Kier molecular flexibility index (Phi) is 9.68. The lowest BCUT2D eigenvalue weighted by atomic mass is 9.84. The van der Waals surface area contributed by atoms with Gasteiger partial charge in [0.1, 0.15) is 5.65 Å². The molecule has 1 saturated carbocycles. The fraction of sp³-hybridized carbons (Fsp3) is 0.457. The molecule has 0 spiro atoms. The first-order valence-corrected chi connectivity index (χ1v) is 16.7. The maximum atomic E-state index is 15.1. The molecule has 0 radical (unpaired) electrons. The zero-order valence-electron chi connectivity index (χ0n) is 25.8. The molecule has 3 heterocycles. The number of fused-ring (bicyclic) bond motifs is 1. The number of rotatable bonds is 11. The molecule has 10 heteroatoms. The number of hydrogen-bond donors (Lipinski definition) is 5. The summed E-state index contributed by atoms with van der Waals surface area (Å²) < 4.78 is 16.7. The van der Waals surface area contributed by atoms with E-state index in [2.05, 4.69) is 32.7 Å². The molecule has 0 unspecified atom stereocenters. The second kappa shape index (κ2) is 13.8. The Bertz CT molecular complexity index is 1710. The first-order chi connectivity index (χ1) is 21.7. The number of hydrogen-bond acceptors (Lipinski definition) is 5. The van der Waals surface area contributed by atoms with Crippen molar-refractivity contribution in [2.75, 3.05) is 6.54 Å². The lowest BCUT2D eigenvalue weighted by Crippen LogP contribution is -2.41. The standard InChI is InChI=1S/C35H43ClFN7O/c1-21(38)5-2-6-22-17-28(32(37)29(36)18-22)31-19-25-20-44(35(45)43-34(25)42-31)27-13-11-23(12-14-27)30-10-4-9-26(41-30)15-16-40-33(39)24-7-3-8-24/h11-14,17-21,24,26,30,41H,2-10,15-16,38H2,1H3,(H2,39,40)(H,42,43,45)/t21-,26-,30-/m0/s1. The molecule has 4 aromatic rings. The minimum absolute atomic E-state index is 0.0643. The highest BCUT2D eigenvalue weighted by atomic mass is 35.5. The minimum atomic E-state index is -0.507. The number of amidine groups is 1. The van der Waals surface area contributed by atoms with Crippen molar-refractivity contribution in [3.8, 4) is 16.9 Å². The molecule has 2 aromatic heterocycles. The number of halogens is 2. The van der Waals surface area contributed by atoms with Gasteiger partial charge in [-0.3, -0.25) is 9.98 Å². The van der Waals surface area contributed by atoms with Gasteiger partial charge in [-0.15, -0.1) is 0 Å². The van der Waals surface area contributed by atoms with Gasteiger partial charge in [0.05, 0.1) is 22.2 Å². The van der Waals surface area contributed by atoms with Crippen molar-refractivity contribution in [2.45, 2.75) is 89.3 Å². The summed E-state index contributed by atoms with van der Waals surface area (Å²) in [6.45, 7) is 2.80. The molecule has 2 fully saturated rings. The average Bonchev–Trinajstić information content (AvgIpc) is 3.40. The highest BCUT2D eigenvalue weighted by Crippen LogP contribution is 2.32. The van der Waals surface area contributed by atoms with Crippen LogP contribution in [0.15, 0.2) is 53.5 Å². The van der Waals surface area contributed by atoms with Crippen molar-refractivity contribution in [3.05, 3.63) is 81.1 Å². The van der Waals surface area contributed by atoms with E-state index < -0.39 is 11.5 Å². The van der Waals surface area contributed by atoms with E-state index in [1.807, 2.05) is 25.1 Å². The Balaban J connectivity index is 1.15. The highest BCUT2D eigenvalue weighted by Gasteiger charge is 2.24. The molecular weight excluding hydrogens is 589 g/mol. The van der Waals surface area contributed by atoms with Gasteiger partial charge in [0.25, 0.3) is 0 Å². The van der Waals surface area contributed by atoms with Crippen LogP contribution in [0.5, 0.6) is 0 Å². The third kappa shape index (κ3) is 7.32. The third-order valence-corrected chi connectivity index (χ3v) is 9.66. The number of nitrogens with one attached hydrogen (secondary N) is 4. The average molecular weight is 632 g/mol. The van der Waals surface area contributed by atoms with Gasteiger partial charge in [-0.25, -0.2) is 9.18 Å². The number of aromatic nitrogens is 3. The summed E-state index contributed by atoms with van der Waals surface area (Å²) in [7, 11) is 0. The molecule has 8 nitrogen and oxygen atoms in total. The summed E-state index contributed by atoms with van der Waals surface area (Å²) in [4.78, 5) is 20.5. The summed E-state index contributed by atoms with van der Waals surface area (Å²) in [5.41, 5.74) is 9.59. The molecule has 6 N–H and O–H groups in total. The van der Waals surface area contributed by atoms with E-state index in [1.165, 1.54) is 16.6 Å². The van der Waals surface area contributed by atoms with Crippen LogP contribution in [0.1, 0.15) is 81.9 Å². The summed E-state index contributed by atoms with van der Waals surface area (Å²) in [5.74, 6) is 0.642. The Morgan fingerprint density at radius 2 is 1.96 bits per heavy atom. The van der Waals surface area contributed by atoms with Crippen molar-refractivity contribution in [1.82, 2.24) is 25.2 Å². The number of nitrogens with zero attached hydrogens (tertiary/aromatic N) is 2. The Labute approximate surface area is 268 Å². The van der Waals surface area contributed by atoms with Gasteiger partial charge in [0.15, 0.2) is 5.82 Å². The predicted molar refractivity (Wildman–Crippen MR) is 180 cm³/mol. The highest BCUT2D eigenvalue weighted by molar-refractivity contribution is 6.31. The van der Waals surface area contributed by atoms with Crippen molar-refractivity contribution in [1.29, 1.82) is 5.41 Å². The first kappa shape index (κ1) is 31.5. The topological polar surface area (TPSA) is 125 Å². The van der Waals surface area contributed by atoms with Gasteiger partial charge < -0.3 is 21.4 Å². The van der Waals surface area contributed by atoms with E-state index >= 15 is 4.39 Å². The van der Waals surface area contributed by atoms with E-state index in [1.54, 1.807) is 18.3 Å². The van der Waals surface area contributed by atoms with Crippen molar-refractivity contribution < 1.29 is 4.39 Å². The number of H-pyrrole nitrogens is 1. The number of aromatic amines is 1. The van der Waals surface area contributed by atoms with Crippen LogP contribution in [0.4, 0.5) is 4.39 Å². The van der Waals surface area contributed by atoms with Crippen LogP contribution < -0.4 is 22.1 Å². The molecule has 3 atom stereocenters. The Morgan fingerprint density at radius 1 is 1.18 bits per heavy atom. The molecule has 238 valence electrons. The van der Waals surface area contributed by atoms with Crippen LogP contribution in [0, 0.1) is 17.1 Å². The summed E-state index contributed by atoms with van der Waals surface area (Å²) in [6, 6.07) is 14.1. The van der Waals surface area contributed by atoms with Gasteiger partial charge >= 0.3 is 5.69 Å². The monoisotopic (exact) mass is 631 g/mol. The molecule has 0 amide bonds. The van der Waals surface area contributed by atoms with Gasteiger partial charge in [0, 0.05) is 47.7 Å². The van der Waals surface area contributed by atoms with Crippen molar-refractivity contribution in [2.24, 2.45) is 11.7 Å². The fourth-order valence-electron chi connectivity index (χ4n) is 6.54. The summed E-state index contributed by atoms with van der Waals surface area (Å²) in [6.07, 6.45) is 12.1. The molecule has 1 aliphatic carbocycles. The van der Waals surface area contributed by atoms with Gasteiger partial charge in [-0.2, -0.15) is 4.98 Å². The van der Waals surface area contributed by atoms with Crippen LogP contribution in [-0.4, -0.2) is 39.0 Å². The van der Waals surface area contributed by atoms with Gasteiger partial charge in [0.2, 0.25) is 0 Å². The van der Waals surface area contributed by atoms with E-state index in [0.717, 1.165) is 75.6 Å². The SMILES string of the molecule is C[C@H](N)CCCc1cc(Cl)c(F)c(-c2cc3cn(-c4ccc([C@@H]5CCC[C@@H](CCNC(=N)C6CCC6)N5)cc4)c(=O)nc3[nH]2)c1. The molecule has 2 aliphatic rings. The predicted octanol–water partition coefficient (Wildman–Crippen LogP) is 6.78. The van der Waals surface area contributed by atoms with Gasteiger partial charge in [-0.1, -0.05) is 36.6 Å². The maximum Gasteiger partial charge on any atom is 0.354 e. The lowest BCUT2D eigenvalue weighted by molar-refractivity contribution is 0.311. The molecular formula is C35H43ClFN7O. The quantitative estimate of drug-likeness (QED) is 0.0922. The van der Waals surface area contributed by atoms with Gasteiger partial charge in [-0.05, 0) is 99.7 Å². The van der Waals surface area contributed by atoms with Crippen LogP contribution >= 0.6 is 11.6 Å². The second-order valence-electron chi connectivity index (χ2n) is 12.9. The smallest absolute Gasteiger partial charge is 0.354 e. The Hall–Kier alpha value is -3.53. The fourth-order valence-corrected chi connectivity index (χ4v) is 6.78. The van der Waals surface area contributed by atoms with Crippen LogP contribution in [0.3, 0.4) is 0 Å². The van der Waals surface area contributed by atoms with E-state index in [9.17, 15) is 4.79 Å². The lowest BCUT2D eigenvalue weighted by Gasteiger charge is -2.32. The van der Waals surface area contributed by atoms with Crippen LogP contribution in [-0.2, 0) is 6.42 Å². The first-order valence-electron chi connectivity index (χ1n) is 16.3. The number of benzene rings is 2. The number of nitrogens with two attached hydrogens (primary N) is 1. The number of aryl methyl sites for hydroxylation is 1. The van der Waals surface area contributed by atoms with Crippen LogP contribution in [0.25, 0.3) is 28.0 Å². The summed E-state index contributed by atoms with van der Waals surface area (Å²) in [5, 5.41) is 16.1. The molecule has 45 heavy (non-hydrogen) atoms. The van der Waals surface area contributed by atoms with Crippen LogP contribution in [0.2, 0.25) is 5.02 Å². The van der Waals surface area contributed by atoms with Crippen molar-refractivity contribution in [3.63, 3.8) is 0 Å². The number of piperidine rings is 1. The largest absolute Gasteiger partial charge is 0.374 e.